The molecule has 3 heteroatoms. The number of hydrogen-bond donors (Lipinski definition) is 1. The lowest BCUT2D eigenvalue weighted by Crippen LogP contribution is -2.36. The van der Waals surface area contributed by atoms with Crippen LogP contribution < -0.4 is 5.32 Å². The second-order valence-electron chi connectivity index (χ2n) is 12.8. The first-order valence-electron chi connectivity index (χ1n) is 16.5. The van der Waals surface area contributed by atoms with Crippen molar-refractivity contribution in [2.75, 3.05) is 0 Å². The largest absolute Gasteiger partial charge is 0.285 e. The van der Waals surface area contributed by atoms with E-state index in [1.165, 1.54) is 55.1 Å². The van der Waals surface area contributed by atoms with Crippen molar-refractivity contribution in [3.05, 3.63) is 174 Å². The van der Waals surface area contributed by atoms with Crippen LogP contribution in [0.3, 0.4) is 0 Å². The summed E-state index contributed by atoms with van der Waals surface area (Å²) in [6.45, 7) is 0. The van der Waals surface area contributed by atoms with Crippen LogP contribution in [0, 0.1) is 11.8 Å². The van der Waals surface area contributed by atoms with Crippen LogP contribution >= 0.6 is 0 Å². The second-order valence-corrected chi connectivity index (χ2v) is 12.8. The van der Waals surface area contributed by atoms with Crippen LogP contribution in [0.4, 0.5) is 0 Å². The number of pyridine rings is 1. The molecule has 4 unspecified atom stereocenters. The van der Waals surface area contributed by atoms with Gasteiger partial charge in [-0.1, -0.05) is 121 Å². The molecule has 46 heavy (non-hydrogen) atoms. The Morgan fingerprint density at radius 3 is 2.37 bits per heavy atom. The fourth-order valence-corrected chi connectivity index (χ4v) is 7.93. The fourth-order valence-electron chi connectivity index (χ4n) is 7.93. The first kappa shape index (κ1) is 27.2. The topological polar surface area (TPSA) is 37.3 Å². The van der Waals surface area contributed by atoms with Crippen LogP contribution in [0.25, 0.3) is 32.8 Å². The lowest BCUT2D eigenvalue weighted by Gasteiger charge is -2.38. The number of allylic oxidation sites excluding steroid dienone is 10. The molecule has 0 fully saturated rings. The quantitative estimate of drug-likeness (QED) is 0.211. The summed E-state index contributed by atoms with van der Waals surface area (Å²) in [6, 6.07) is 35.0. The number of nitrogens with zero attached hydrogens (tertiary/aromatic N) is 2. The molecule has 1 N–H and O–H groups in total. The summed E-state index contributed by atoms with van der Waals surface area (Å²) in [7, 11) is 0. The minimum Gasteiger partial charge on any atom is -0.285 e. The van der Waals surface area contributed by atoms with Crippen LogP contribution in [0.5, 0.6) is 0 Å². The summed E-state index contributed by atoms with van der Waals surface area (Å²) >= 11 is 0. The van der Waals surface area contributed by atoms with Crippen molar-refractivity contribution in [2.45, 2.75) is 31.5 Å². The summed E-state index contributed by atoms with van der Waals surface area (Å²) in [5.41, 5.74) is 10.2. The molecule has 4 aromatic carbocycles. The molecular weight excluding hydrogens is 558 g/mol. The molecule has 0 amide bonds. The molecule has 5 aromatic rings. The van der Waals surface area contributed by atoms with Crippen molar-refractivity contribution in [3.8, 4) is 11.3 Å². The maximum absolute atomic E-state index is 5.55. The standard InChI is InChI=1S/C43H35N3/c1-3-13-32-30(11-1)25-38(36-17-7-5-15-34(32)36)41-27-42(39-26-31-12-2-4-14-33(31)35-16-6-8-18-37(35)39)46-43(45-41)29-22-20-28(21-23-29)40-19-9-10-24-44-40/h1,3-11,13-26,35,37,41,43,45H,2,12,27H2. The molecule has 0 spiro atoms. The molecule has 0 saturated heterocycles. The number of nitrogens with one attached hydrogen (secondary N) is 1. The van der Waals surface area contributed by atoms with E-state index in [1.54, 1.807) is 0 Å². The molecule has 4 atom stereocenters. The van der Waals surface area contributed by atoms with Crippen molar-refractivity contribution >= 4 is 27.3 Å². The molecule has 3 aliphatic carbocycles. The van der Waals surface area contributed by atoms with Crippen molar-refractivity contribution in [1.82, 2.24) is 10.3 Å². The van der Waals surface area contributed by atoms with Crippen molar-refractivity contribution in [2.24, 2.45) is 16.8 Å². The van der Waals surface area contributed by atoms with Gasteiger partial charge in [-0.05, 0) is 80.4 Å². The predicted molar refractivity (Wildman–Crippen MR) is 191 cm³/mol. The third-order valence-electron chi connectivity index (χ3n) is 10.2. The Bertz CT molecular complexity index is 2160. The predicted octanol–water partition coefficient (Wildman–Crippen LogP) is 10.2. The average Bonchev–Trinajstić information content (AvgIpc) is 3.14. The first-order chi connectivity index (χ1) is 22.8. The van der Waals surface area contributed by atoms with Crippen molar-refractivity contribution in [1.29, 1.82) is 0 Å². The van der Waals surface area contributed by atoms with Gasteiger partial charge >= 0.3 is 0 Å². The van der Waals surface area contributed by atoms with Gasteiger partial charge < -0.3 is 0 Å². The highest BCUT2D eigenvalue weighted by atomic mass is 15.1. The highest BCUT2D eigenvalue weighted by Gasteiger charge is 2.36. The minimum absolute atomic E-state index is 0.103. The SMILES string of the molecule is C1=CC2C(C3=NC(c4ccc(-c5ccccn5)cc4)NC(c4cc5ccccc5c5ccccc45)C3)=CC3=C(C=CCC3)C2C=C1. The zero-order chi connectivity index (χ0) is 30.5. The molecule has 1 aliphatic heterocycles. The van der Waals surface area contributed by atoms with Gasteiger partial charge in [-0.15, -0.1) is 0 Å². The Hall–Kier alpha value is -5.12. The van der Waals surface area contributed by atoms with E-state index >= 15 is 0 Å². The van der Waals surface area contributed by atoms with Gasteiger partial charge in [0.05, 0.1) is 5.69 Å². The molecular formula is C43H35N3. The van der Waals surface area contributed by atoms with E-state index in [9.17, 15) is 0 Å². The summed E-state index contributed by atoms with van der Waals surface area (Å²) in [4.78, 5) is 10.1. The minimum atomic E-state index is -0.166. The van der Waals surface area contributed by atoms with Gasteiger partial charge in [0.2, 0.25) is 0 Å². The van der Waals surface area contributed by atoms with Gasteiger partial charge in [0.15, 0.2) is 0 Å². The Morgan fingerprint density at radius 1 is 0.739 bits per heavy atom. The maximum Gasteiger partial charge on any atom is 0.126 e. The van der Waals surface area contributed by atoms with Crippen LogP contribution in [0.1, 0.15) is 42.6 Å². The second kappa shape index (κ2) is 11.3. The third kappa shape index (κ3) is 4.71. The molecule has 0 saturated carbocycles. The van der Waals surface area contributed by atoms with Gasteiger partial charge in [-0.3, -0.25) is 15.3 Å². The number of aliphatic imine (C=N–C) groups is 1. The van der Waals surface area contributed by atoms with Gasteiger partial charge in [0.25, 0.3) is 0 Å². The number of hydrogen-bond acceptors (Lipinski definition) is 3. The molecule has 0 bridgehead atoms. The zero-order valence-electron chi connectivity index (χ0n) is 25.7. The number of benzene rings is 4. The summed E-state index contributed by atoms with van der Waals surface area (Å²) < 4.78 is 0. The smallest absolute Gasteiger partial charge is 0.126 e. The highest BCUT2D eigenvalue weighted by Crippen LogP contribution is 2.45. The first-order valence-corrected chi connectivity index (χ1v) is 16.5. The Labute approximate surface area is 270 Å². The van der Waals surface area contributed by atoms with Crippen LogP contribution in [0.2, 0.25) is 0 Å². The third-order valence-corrected chi connectivity index (χ3v) is 10.2. The van der Waals surface area contributed by atoms with E-state index in [1.807, 2.05) is 18.3 Å². The lowest BCUT2D eigenvalue weighted by atomic mass is 9.69. The fraction of sp³-hybridized carbons (Fsp3) is 0.163. The van der Waals surface area contributed by atoms with Crippen molar-refractivity contribution in [3.63, 3.8) is 0 Å². The van der Waals surface area contributed by atoms with Gasteiger partial charge in [0, 0.05) is 41.8 Å². The van der Waals surface area contributed by atoms with Crippen LogP contribution in [-0.2, 0) is 0 Å². The Morgan fingerprint density at radius 2 is 1.52 bits per heavy atom. The van der Waals surface area contributed by atoms with E-state index in [0.717, 1.165) is 30.5 Å². The van der Waals surface area contributed by atoms with E-state index in [4.69, 9.17) is 4.99 Å². The van der Waals surface area contributed by atoms with E-state index < -0.39 is 0 Å². The van der Waals surface area contributed by atoms with Crippen molar-refractivity contribution < 1.29 is 0 Å². The van der Waals surface area contributed by atoms with E-state index in [0.29, 0.717) is 11.8 Å². The Kier molecular flexibility index (Phi) is 6.71. The number of rotatable bonds is 4. The average molecular weight is 594 g/mol. The number of fused-ring (bicyclic) bond motifs is 5. The van der Waals surface area contributed by atoms with Crippen LogP contribution in [-0.4, -0.2) is 10.7 Å². The normalized spacial score (nSPS) is 23.7. The maximum atomic E-state index is 5.55. The number of aromatic nitrogens is 1. The van der Waals surface area contributed by atoms with Gasteiger partial charge in [-0.25, -0.2) is 0 Å². The summed E-state index contributed by atoms with van der Waals surface area (Å²) in [5, 5.41) is 9.20. The summed E-state index contributed by atoms with van der Waals surface area (Å²) in [5.74, 6) is 0.662. The molecule has 222 valence electrons. The summed E-state index contributed by atoms with van der Waals surface area (Å²) in [6.07, 6.45) is 21.2. The highest BCUT2D eigenvalue weighted by molar-refractivity contribution is 6.10. The molecule has 2 heterocycles. The van der Waals surface area contributed by atoms with Gasteiger partial charge in [-0.2, -0.15) is 0 Å². The molecule has 1 aromatic heterocycles. The Balaban J connectivity index is 1.18. The molecule has 0 radical (unpaired) electrons. The molecule has 3 nitrogen and oxygen atoms in total. The van der Waals surface area contributed by atoms with E-state index in [-0.39, 0.29) is 12.2 Å². The van der Waals surface area contributed by atoms with Gasteiger partial charge in [0.1, 0.15) is 6.17 Å². The van der Waals surface area contributed by atoms with Crippen LogP contribution in [0.15, 0.2) is 168 Å². The lowest BCUT2D eigenvalue weighted by molar-refractivity contribution is 0.441. The molecule has 4 aliphatic rings. The zero-order valence-corrected chi connectivity index (χ0v) is 25.7. The monoisotopic (exact) mass is 593 g/mol. The molecule has 9 rings (SSSR count). The van der Waals surface area contributed by atoms with E-state index in [2.05, 4.69) is 138 Å².